The van der Waals surface area contributed by atoms with E-state index >= 15 is 0 Å². The van der Waals surface area contributed by atoms with E-state index in [9.17, 15) is 61.9 Å². The quantitative estimate of drug-likeness (QED) is 0.125. The summed E-state index contributed by atoms with van der Waals surface area (Å²) in [6.45, 7) is 1.50. The number of carbonyl (C=O) groups is 1. The molecule has 0 N–H and O–H groups in total. The number of esters is 1. The van der Waals surface area contributed by atoms with Gasteiger partial charge in [0.2, 0.25) is 0 Å². The maximum atomic E-state index is 14.0. The van der Waals surface area contributed by atoms with Crippen molar-refractivity contribution in [3.63, 3.8) is 0 Å². The van der Waals surface area contributed by atoms with Gasteiger partial charge in [-0.2, -0.15) is 57.1 Å². The Bertz CT molecular complexity index is 1150. The molecule has 0 amide bonds. The van der Waals surface area contributed by atoms with Gasteiger partial charge in [-0.15, -0.1) is 11.8 Å². The number of hydrogen-bond donors (Lipinski definition) is 0. The maximum Gasteiger partial charge on any atom is 0.460 e. The Hall–Kier alpha value is -2.65. The molecule has 0 bridgehead atoms. The fourth-order valence-corrected chi connectivity index (χ4v) is 4.29. The van der Waals surface area contributed by atoms with E-state index in [-0.39, 0.29) is 23.8 Å². The summed E-state index contributed by atoms with van der Waals surface area (Å²) in [5.41, 5.74) is 0.0576. The maximum absolute atomic E-state index is 14.0. The van der Waals surface area contributed by atoms with Crippen LogP contribution in [0.25, 0.3) is 0 Å². The molecule has 1 unspecified atom stereocenters. The van der Waals surface area contributed by atoms with Crippen LogP contribution in [-0.4, -0.2) is 47.0 Å². The standard InChI is InChI=1S/C25H21F13O2S/c1-15(41-18-5-3-2-4-6-18)13-19(39)40-14-17-9-7-16(8-10-17)11-12-20(26,27)21(28,29)22(30,31)23(32,33)24(34,35)25(36,37)38/h2-10,15H,11-14H2,1H3. The number of rotatable bonds is 13. The fraction of sp³-hybridized carbons (Fsp3) is 0.480. The van der Waals surface area contributed by atoms with Gasteiger partial charge >= 0.3 is 41.8 Å². The average molecular weight is 632 g/mol. The highest BCUT2D eigenvalue weighted by atomic mass is 32.2. The molecular formula is C25H21F13O2S. The van der Waals surface area contributed by atoms with E-state index in [4.69, 9.17) is 4.74 Å². The topological polar surface area (TPSA) is 26.3 Å². The Labute approximate surface area is 229 Å². The van der Waals surface area contributed by atoms with Crippen LogP contribution in [0.15, 0.2) is 59.5 Å². The van der Waals surface area contributed by atoms with Crippen LogP contribution in [0.3, 0.4) is 0 Å². The van der Waals surface area contributed by atoms with Gasteiger partial charge < -0.3 is 4.74 Å². The number of thioether (sulfide) groups is 1. The first-order valence-electron chi connectivity index (χ1n) is 11.5. The lowest BCUT2D eigenvalue weighted by molar-refractivity contribution is -0.440. The fourth-order valence-electron chi connectivity index (χ4n) is 3.29. The number of hydrogen-bond acceptors (Lipinski definition) is 3. The number of aryl methyl sites for hydroxylation is 1. The van der Waals surface area contributed by atoms with Gasteiger partial charge in [0.15, 0.2) is 0 Å². The molecule has 0 aliphatic carbocycles. The van der Waals surface area contributed by atoms with Crippen molar-refractivity contribution >= 4 is 17.7 Å². The lowest BCUT2D eigenvalue weighted by Gasteiger charge is -2.39. The summed E-state index contributed by atoms with van der Waals surface area (Å²) in [6.07, 6.45) is -10.9. The van der Waals surface area contributed by atoms with Gasteiger partial charge in [-0.1, -0.05) is 49.4 Å². The van der Waals surface area contributed by atoms with Crippen LogP contribution in [0.5, 0.6) is 0 Å². The second-order valence-corrected chi connectivity index (χ2v) is 10.4. The van der Waals surface area contributed by atoms with Crippen LogP contribution in [0, 0.1) is 0 Å². The highest BCUT2D eigenvalue weighted by Crippen LogP contribution is 2.60. The van der Waals surface area contributed by atoms with Crippen LogP contribution < -0.4 is 0 Å². The van der Waals surface area contributed by atoms with Crippen LogP contribution >= 0.6 is 11.8 Å². The molecule has 2 aromatic carbocycles. The lowest BCUT2D eigenvalue weighted by Crippen LogP contribution is -2.70. The third-order valence-corrected chi connectivity index (χ3v) is 6.80. The summed E-state index contributed by atoms with van der Waals surface area (Å²) in [6, 6.07) is 13.6. The van der Waals surface area contributed by atoms with E-state index < -0.39 is 54.6 Å². The van der Waals surface area contributed by atoms with Crippen molar-refractivity contribution in [2.24, 2.45) is 0 Å². The number of alkyl halides is 13. The summed E-state index contributed by atoms with van der Waals surface area (Å²) < 4.78 is 177. The average Bonchev–Trinajstić information content (AvgIpc) is 2.86. The molecule has 230 valence electrons. The molecule has 41 heavy (non-hydrogen) atoms. The van der Waals surface area contributed by atoms with Gasteiger partial charge in [0.05, 0.1) is 6.42 Å². The zero-order valence-electron chi connectivity index (χ0n) is 20.7. The minimum atomic E-state index is -7.91. The Morgan fingerprint density at radius 3 is 1.71 bits per heavy atom. The van der Waals surface area contributed by atoms with Gasteiger partial charge in [0.25, 0.3) is 0 Å². The molecule has 0 saturated heterocycles. The number of ether oxygens (including phenoxy) is 1. The first kappa shape index (κ1) is 34.6. The Balaban J connectivity index is 1.99. The molecule has 0 spiro atoms. The number of carbonyl (C=O) groups excluding carboxylic acids is 1. The first-order chi connectivity index (χ1) is 18.6. The second kappa shape index (κ2) is 12.3. The van der Waals surface area contributed by atoms with Crippen LogP contribution in [-0.2, 0) is 22.6 Å². The largest absolute Gasteiger partial charge is 0.461 e. The van der Waals surface area contributed by atoms with Crippen LogP contribution in [0.2, 0.25) is 0 Å². The zero-order valence-corrected chi connectivity index (χ0v) is 21.6. The molecular weight excluding hydrogens is 611 g/mol. The third kappa shape index (κ3) is 7.41. The van der Waals surface area contributed by atoms with E-state index in [1.165, 1.54) is 23.9 Å². The van der Waals surface area contributed by atoms with E-state index in [2.05, 4.69) is 0 Å². The summed E-state index contributed by atoms with van der Waals surface area (Å²) in [5, 5.41) is -0.154. The molecule has 2 rings (SSSR count). The van der Waals surface area contributed by atoms with Crippen molar-refractivity contribution in [2.45, 2.75) is 78.7 Å². The summed E-state index contributed by atoms with van der Waals surface area (Å²) in [7, 11) is 0. The van der Waals surface area contributed by atoms with E-state index in [1.54, 1.807) is 6.92 Å². The monoisotopic (exact) mass is 632 g/mol. The first-order valence-corrected chi connectivity index (χ1v) is 12.4. The minimum Gasteiger partial charge on any atom is -0.461 e. The number of benzene rings is 2. The summed E-state index contributed by atoms with van der Waals surface area (Å²) in [4.78, 5) is 13.0. The predicted octanol–water partition coefficient (Wildman–Crippen LogP) is 8.97. The van der Waals surface area contributed by atoms with Gasteiger partial charge in [0, 0.05) is 16.6 Å². The smallest absolute Gasteiger partial charge is 0.460 e. The summed E-state index contributed by atoms with van der Waals surface area (Å²) >= 11 is 1.42. The second-order valence-electron chi connectivity index (χ2n) is 8.92. The third-order valence-electron chi connectivity index (χ3n) is 5.68. The molecule has 0 aliphatic rings. The zero-order chi connectivity index (χ0) is 31.5. The molecule has 0 fully saturated rings. The van der Waals surface area contributed by atoms with Gasteiger partial charge in [0.1, 0.15) is 6.61 Å². The van der Waals surface area contributed by atoms with Crippen molar-refractivity contribution < 1.29 is 66.6 Å². The molecule has 0 radical (unpaired) electrons. The molecule has 0 aromatic heterocycles. The Kier molecular flexibility index (Phi) is 10.4. The van der Waals surface area contributed by atoms with E-state index in [1.807, 2.05) is 30.3 Å². The summed E-state index contributed by atoms with van der Waals surface area (Å²) in [5.74, 6) is -37.5. The molecule has 16 heteroatoms. The van der Waals surface area contributed by atoms with Gasteiger partial charge in [-0.3, -0.25) is 4.79 Å². The molecule has 0 aliphatic heterocycles. The van der Waals surface area contributed by atoms with Gasteiger partial charge in [-0.25, -0.2) is 0 Å². The minimum absolute atomic E-state index is 0.0273. The SMILES string of the molecule is CC(CC(=O)OCc1ccc(CCC(F)(F)C(F)(F)C(F)(F)C(F)(F)C(F)(F)C(F)(F)F)cc1)Sc1ccccc1. The molecule has 0 heterocycles. The van der Waals surface area contributed by atoms with Gasteiger partial charge in [-0.05, 0) is 29.7 Å². The number of halogens is 13. The molecule has 2 aromatic rings. The normalized spacial score (nSPS) is 14.6. The van der Waals surface area contributed by atoms with Crippen molar-refractivity contribution in [1.29, 1.82) is 0 Å². The van der Waals surface area contributed by atoms with E-state index in [0.29, 0.717) is 5.56 Å². The van der Waals surface area contributed by atoms with Crippen molar-refractivity contribution in [3.05, 3.63) is 65.7 Å². The lowest BCUT2D eigenvalue weighted by atomic mass is 9.91. The highest BCUT2D eigenvalue weighted by Gasteiger charge is 2.90. The highest BCUT2D eigenvalue weighted by molar-refractivity contribution is 8.00. The molecule has 1 atom stereocenters. The van der Waals surface area contributed by atoms with Crippen molar-refractivity contribution in [2.75, 3.05) is 0 Å². The van der Waals surface area contributed by atoms with Crippen LogP contribution in [0.4, 0.5) is 57.1 Å². The van der Waals surface area contributed by atoms with Crippen molar-refractivity contribution in [1.82, 2.24) is 0 Å². The molecule has 2 nitrogen and oxygen atoms in total. The van der Waals surface area contributed by atoms with Crippen LogP contribution in [0.1, 0.15) is 30.9 Å². The van der Waals surface area contributed by atoms with E-state index in [0.717, 1.165) is 17.0 Å². The predicted molar refractivity (Wildman–Crippen MR) is 122 cm³/mol. The van der Waals surface area contributed by atoms with Crippen molar-refractivity contribution in [3.8, 4) is 0 Å². The Morgan fingerprint density at radius 1 is 0.707 bits per heavy atom. The molecule has 0 saturated carbocycles. The Morgan fingerprint density at radius 2 is 1.20 bits per heavy atom.